The van der Waals surface area contributed by atoms with Crippen molar-refractivity contribution < 1.29 is 9.53 Å². The molecule has 2 saturated heterocycles. The van der Waals surface area contributed by atoms with Gasteiger partial charge in [0.2, 0.25) is 0 Å². The Morgan fingerprint density at radius 1 is 1.00 bits per heavy atom. The minimum atomic E-state index is -0.0608. The van der Waals surface area contributed by atoms with Gasteiger partial charge in [0.05, 0.1) is 13.0 Å². The third-order valence-electron chi connectivity index (χ3n) is 6.19. The van der Waals surface area contributed by atoms with Crippen LogP contribution >= 0.6 is 0 Å². The second-order valence-electron chi connectivity index (χ2n) is 7.34. The third kappa shape index (κ3) is 2.87. The first-order valence-corrected chi connectivity index (χ1v) is 9.14. The highest BCUT2D eigenvalue weighted by atomic mass is 16.5. The molecule has 2 aromatic carbocycles. The van der Waals surface area contributed by atoms with Gasteiger partial charge in [-0.2, -0.15) is 0 Å². The number of methoxy groups -OCH3 is 1. The molecule has 0 aromatic heterocycles. The number of hydrogen-bond acceptors (Lipinski definition) is 3. The van der Waals surface area contributed by atoms with Gasteiger partial charge in [-0.25, -0.2) is 0 Å². The van der Waals surface area contributed by atoms with E-state index in [1.54, 1.807) is 0 Å². The Hall–Kier alpha value is -2.13. The number of nitrogens with zero attached hydrogens (tertiary/aromatic N) is 1. The summed E-state index contributed by atoms with van der Waals surface area (Å²) in [5.41, 5.74) is 3.71. The smallest absolute Gasteiger partial charge is 0.310 e. The molecule has 0 radical (unpaired) electrons. The van der Waals surface area contributed by atoms with Gasteiger partial charge in [0.1, 0.15) is 0 Å². The molecule has 130 valence electrons. The van der Waals surface area contributed by atoms with Crippen LogP contribution in [0.25, 0.3) is 11.1 Å². The second kappa shape index (κ2) is 6.64. The van der Waals surface area contributed by atoms with Gasteiger partial charge in [0, 0.05) is 18.0 Å². The van der Waals surface area contributed by atoms with Crippen molar-refractivity contribution >= 4 is 5.97 Å². The number of ether oxygens (including phenoxy) is 1. The van der Waals surface area contributed by atoms with Gasteiger partial charge in [-0.3, -0.25) is 9.69 Å². The molecule has 2 bridgehead atoms. The van der Waals surface area contributed by atoms with Crippen LogP contribution in [-0.2, 0) is 9.53 Å². The van der Waals surface area contributed by atoms with Gasteiger partial charge in [-0.1, -0.05) is 54.6 Å². The van der Waals surface area contributed by atoms with Crippen LogP contribution in [0.1, 0.15) is 30.7 Å². The molecular weight excluding hydrogens is 310 g/mol. The fraction of sp³-hybridized carbons (Fsp3) is 0.409. The first-order valence-electron chi connectivity index (χ1n) is 9.14. The highest BCUT2D eigenvalue weighted by Gasteiger charge is 2.49. The molecule has 25 heavy (non-hydrogen) atoms. The number of esters is 1. The van der Waals surface area contributed by atoms with E-state index in [9.17, 15) is 4.79 Å². The van der Waals surface area contributed by atoms with Crippen LogP contribution in [0, 0.1) is 5.92 Å². The topological polar surface area (TPSA) is 29.5 Å². The van der Waals surface area contributed by atoms with E-state index in [0.29, 0.717) is 12.1 Å². The summed E-state index contributed by atoms with van der Waals surface area (Å²) < 4.78 is 5.17. The van der Waals surface area contributed by atoms with Crippen LogP contribution < -0.4 is 0 Å². The summed E-state index contributed by atoms with van der Waals surface area (Å²) in [6, 6.07) is 20.1. The Bertz CT molecular complexity index is 740. The van der Waals surface area contributed by atoms with Crippen molar-refractivity contribution in [1.29, 1.82) is 0 Å². The maximum Gasteiger partial charge on any atom is 0.310 e. The second-order valence-corrected chi connectivity index (χ2v) is 7.34. The van der Waals surface area contributed by atoms with E-state index in [2.05, 4.69) is 60.5 Å². The monoisotopic (exact) mass is 335 g/mol. The molecule has 2 heterocycles. The largest absolute Gasteiger partial charge is 0.469 e. The maximum atomic E-state index is 12.5. The number of rotatable bonds is 3. The molecule has 3 heteroatoms. The normalized spacial score (nSPS) is 28.7. The number of hydrogen-bond donors (Lipinski definition) is 0. The lowest BCUT2D eigenvalue weighted by molar-refractivity contribution is -0.150. The number of carbonyl (C=O) groups is 1. The number of piperidine rings is 1. The summed E-state index contributed by atoms with van der Waals surface area (Å²) in [4.78, 5) is 14.9. The van der Waals surface area contributed by atoms with Crippen molar-refractivity contribution in [1.82, 2.24) is 4.90 Å². The van der Waals surface area contributed by atoms with Crippen molar-refractivity contribution in [3.8, 4) is 11.1 Å². The summed E-state index contributed by atoms with van der Waals surface area (Å²) in [7, 11) is 3.67. The minimum absolute atomic E-state index is 0.0590. The Morgan fingerprint density at radius 2 is 1.68 bits per heavy atom. The fourth-order valence-corrected chi connectivity index (χ4v) is 4.82. The van der Waals surface area contributed by atoms with Crippen LogP contribution in [-0.4, -0.2) is 37.1 Å². The predicted molar refractivity (Wildman–Crippen MR) is 99.3 cm³/mol. The van der Waals surface area contributed by atoms with E-state index < -0.39 is 0 Å². The summed E-state index contributed by atoms with van der Waals surface area (Å²) >= 11 is 0. The molecular formula is C22H25NO2. The third-order valence-corrected chi connectivity index (χ3v) is 6.19. The van der Waals surface area contributed by atoms with E-state index in [4.69, 9.17) is 4.74 Å². The van der Waals surface area contributed by atoms with E-state index in [0.717, 1.165) is 12.8 Å². The first kappa shape index (κ1) is 16.3. The molecule has 2 aliphatic rings. The minimum Gasteiger partial charge on any atom is -0.469 e. The van der Waals surface area contributed by atoms with Crippen molar-refractivity contribution in [3.63, 3.8) is 0 Å². The van der Waals surface area contributed by atoms with E-state index in [1.807, 2.05) is 6.07 Å². The van der Waals surface area contributed by atoms with Crippen LogP contribution in [0.15, 0.2) is 54.6 Å². The zero-order valence-electron chi connectivity index (χ0n) is 14.9. The Balaban J connectivity index is 1.64. The van der Waals surface area contributed by atoms with Gasteiger partial charge in [0.15, 0.2) is 0 Å². The number of benzene rings is 2. The van der Waals surface area contributed by atoms with Crippen LogP contribution in [0.4, 0.5) is 0 Å². The van der Waals surface area contributed by atoms with Crippen LogP contribution in [0.5, 0.6) is 0 Å². The first-order chi connectivity index (χ1) is 12.2. The number of carbonyl (C=O) groups excluding carboxylic acids is 1. The van der Waals surface area contributed by atoms with Gasteiger partial charge >= 0.3 is 5.97 Å². The lowest BCUT2D eigenvalue weighted by Crippen LogP contribution is -2.49. The fourth-order valence-electron chi connectivity index (χ4n) is 4.82. The molecule has 4 atom stereocenters. The summed E-state index contributed by atoms with van der Waals surface area (Å²) in [5.74, 6) is 0.136. The average molecular weight is 335 g/mol. The lowest BCUT2D eigenvalue weighted by atomic mass is 9.76. The van der Waals surface area contributed by atoms with E-state index in [1.165, 1.54) is 30.2 Å². The molecule has 2 aromatic rings. The predicted octanol–water partition coefficient (Wildman–Crippen LogP) is 4.09. The Kier molecular flexibility index (Phi) is 4.34. The lowest BCUT2D eigenvalue weighted by Gasteiger charge is -2.41. The zero-order chi connectivity index (χ0) is 17.4. The number of fused-ring (bicyclic) bond motifs is 2. The maximum absolute atomic E-state index is 12.5. The zero-order valence-corrected chi connectivity index (χ0v) is 14.9. The molecule has 0 saturated carbocycles. The highest BCUT2D eigenvalue weighted by molar-refractivity contribution is 5.75. The quantitative estimate of drug-likeness (QED) is 0.791. The molecule has 2 aliphatic heterocycles. The SMILES string of the molecule is COC(=O)[C@H]1[C@@H](c2ccc(-c3ccccc3)cc2)C[C@@H]2CC[C@H]1N2C. The van der Waals surface area contributed by atoms with Crippen LogP contribution in [0.3, 0.4) is 0 Å². The molecule has 0 unspecified atom stereocenters. The molecule has 2 fully saturated rings. The summed E-state index contributed by atoms with van der Waals surface area (Å²) in [6.45, 7) is 0. The molecule has 0 N–H and O–H groups in total. The van der Waals surface area contributed by atoms with Gasteiger partial charge in [-0.05, 0) is 43.0 Å². The van der Waals surface area contributed by atoms with Crippen molar-refractivity contribution in [2.75, 3.05) is 14.2 Å². The van der Waals surface area contributed by atoms with E-state index >= 15 is 0 Å². The average Bonchev–Trinajstić information content (AvgIpc) is 2.90. The summed E-state index contributed by atoms with van der Waals surface area (Å²) in [5, 5.41) is 0. The van der Waals surface area contributed by atoms with Crippen molar-refractivity contribution in [2.24, 2.45) is 5.92 Å². The van der Waals surface area contributed by atoms with Gasteiger partial charge in [0.25, 0.3) is 0 Å². The van der Waals surface area contributed by atoms with Gasteiger partial charge in [-0.15, -0.1) is 0 Å². The van der Waals surface area contributed by atoms with Crippen molar-refractivity contribution in [3.05, 3.63) is 60.2 Å². The molecule has 3 nitrogen and oxygen atoms in total. The Labute approximate surface area is 149 Å². The van der Waals surface area contributed by atoms with Crippen molar-refractivity contribution in [2.45, 2.75) is 37.3 Å². The molecule has 0 spiro atoms. The Morgan fingerprint density at radius 3 is 2.36 bits per heavy atom. The molecule has 0 amide bonds. The van der Waals surface area contributed by atoms with Crippen LogP contribution in [0.2, 0.25) is 0 Å². The summed E-state index contributed by atoms with van der Waals surface area (Å²) in [6.07, 6.45) is 3.32. The molecule has 0 aliphatic carbocycles. The van der Waals surface area contributed by atoms with Gasteiger partial charge < -0.3 is 4.74 Å². The highest BCUT2D eigenvalue weighted by Crippen LogP contribution is 2.46. The standard InChI is InChI=1S/C22H25NO2/c1-23-18-12-13-20(23)21(22(24)25-2)19(14-18)17-10-8-16(9-11-17)15-6-4-3-5-7-15/h3-11,18-21H,12-14H2,1-2H3/t18-,19+,20+,21-/m0/s1. The van der Waals surface area contributed by atoms with E-state index in [-0.39, 0.29) is 17.8 Å². The molecule has 4 rings (SSSR count).